The minimum absolute atomic E-state index is 0.481. The Labute approximate surface area is 132 Å². The van der Waals surface area contributed by atoms with Gasteiger partial charge in [0.15, 0.2) is 0 Å². The number of halogens is 1. The molecule has 0 aromatic carbocycles. The van der Waals surface area contributed by atoms with Gasteiger partial charge < -0.3 is 9.64 Å². The van der Waals surface area contributed by atoms with Crippen LogP contribution >= 0.6 is 15.9 Å². The monoisotopic (exact) mass is 343 g/mol. The van der Waals surface area contributed by atoms with Crippen LogP contribution in [0.15, 0.2) is 0 Å². The summed E-state index contributed by atoms with van der Waals surface area (Å²) in [5.41, 5.74) is 1.22. The van der Waals surface area contributed by atoms with Gasteiger partial charge in [-0.3, -0.25) is 0 Å². The predicted octanol–water partition coefficient (Wildman–Crippen LogP) is 4.22. The van der Waals surface area contributed by atoms with Gasteiger partial charge in [0.1, 0.15) is 0 Å². The zero-order valence-corrected chi connectivity index (χ0v) is 14.4. The second kappa shape index (κ2) is 6.66. The standard InChI is InChI=1S/C17H30BrNO/c18-14-17(8-12-20-13-9-17)15-19-10-6-16(7-11-19)4-2-1-3-5-16/h1-15H2. The van der Waals surface area contributed by atoms with Crippen LogP contribution in [0, 0.1) is 10.8 Å². The molecule has 2 heterocycles. The first-order chi connectivity index (χ1) is 9.76. The maximum Gasteiger partial charge on any atom is 0.0472 e. The third kappa shape index (κ3) is 3.41. The molecule has 1 saturated carbocycles. The van der Waals surface area contributed by atoms with Crippen LogP contribution in [0.25, 0.3) is 0 Å². The number of piperidine rings is 1. The smallest absolute Gasteiger partial charge is 0.0472 e. The molecule has 3 aliphatic rings. The van der Waals surface area contributed by atoms with Crippen molar-refractivity contribution in [3.8, 4) is 0 Å². The molecule has 0 aromatic rings. The summed E-state index contributed by atoms with van der Waals surface area (Å²) in [5, 5.41) is 1.14. The van der Waals surface area contributed by atoms with Gasteiger partial charge in [-0.1, -0.05) is 35.2 Å². The van der Waals surface area contributed by atoms with Gasteiger partial charge in [0, 0.05) is 25.1 Å². The van der Waals surface area contributed by atoms with Crippen LogP contribution in [-0.2, 0) is 4.74 Å². The van der Waals surface area contributed by atoms with Crippen LogP contribution in [-0.4, -0.2) is 43.1 Å². The Balaban J connectivity index is 1.52. The van der Waals surface area contributed by atoms with Crippen molar-refractivity contribution < 1.29 is 4.74 Å². The molecular weight excluding hydrogens is 314 g/mol. The second-order valence-electron chi connectivity index (χ2n) is 7.58. The van der Waals surface area contributed by atoms with Crippen molar-refractivity contribution >= 4 is 15.9 Å². The first-order valence-corrected chi connectivity index (χ1v) is 9.74. The van der Waals surface area contributed by atoms with Crippen LogP contribution < -0.4 is 0 Å². The zero-order valence-electron chi connectivity index (χ0n) is 12.8. The Kier molecular flexibility index (Phi) is 5.10. The van der Waals surface area contributed by atoms with Gasteiger partial charge in [-0.25, -0.2) is 0 Å². The lowest BCUT2D eigenvalue weighted by molar-refractivity contribution is -0.00929. The van der Waals surface area contributed by atoms with E-state index < -0.39 is 0 Å². The Morgan fingerprint density at radius 1 is 0.850 bits per heavy atom. The zero-order chi connectivity index (χ0) is 13.9. The van der Waals surface area contributed by atoms with Crippen LogP contribution in [0.3, 0.4) is 0 Å². The first-order valence-electron chi connectivity index (χ1n) is 8.62. The number of nitrogens with zero attached hydrogens (tertiary/aromatic N) is 1. The molecule has 0 radical (unpaired) electrons. The molecule has 1 spiro atoms. The van der Waals surface area contributed by atoms with Gasteiger partial charge in [-0.05, 0) is 62.4 Å². The van der Waals surface area contributed by atoms with Crippen molar-refractivity contribution in [2.24, 2.45) is 10.8 Å². The molecule has 3 rings (SSSR count). The van der Waals surface area contributed by atoms with Gasteiger partial charge in [0.25, 0.3) is 0 Å². The van der Waals surface area contributed by atoms with Crippen molar-refractivity contribution in [1.82, 2.24) is 4.90 Å². The van der Waals surface area contributed by atoms with Gasteiger partial charge >= 0.3 is 0 Å². The molecule has 116 valence electrons. The highest BCUT2D eigenvalue weighted by Gasteiger charge is 2.39. The number of hydrogen-bond acceptors (Lipinski definition) is 2. The van der Waals surface area contributed by atoms with Crippen LogP contribution in [0.4, 0.5) is 0 Å². The van der Waals surface area contributed by atoms with Crippen LogP contribution in [0.1, 0.15) is 57.8 Å². The molecule has 0 N–H and O–H groups in total. The van der Waals surface area contributed by atoms with Crippen molar-refractivity contribution in [3.05, 3.63) is 0 Å². The lowest BCUT2D eigenvalue weighted by Crippen LogP contribution is -2.48. The molecule has 3 fully saturated rings. The Bertz CT molecular complexity index is 298. The minimum atomic E-state index is 0.481. The summed E-state index contributed by atoms with van der Waals surface area (Å²) in [7, 11) is 0. The predicted molar refractivity (Wildman–Crippen MR) is 87.5 cm³/mol. The van der Waals surface area contributed by atoms with E-state index in [1.807, 2.05) is 0 Å². The molecular formula is C17H30BrNO. The number of alkyl halides is 1. The number of rotatable bonds is 3. The summed E-state index contributed by atoms with van der Waals surface area (Å²) in [5.74, 6) is 0. The summed E-state index contributed by atoms with van der Waals surface area (Å²) in [6, 6.07) is 0. The highest BCUT2D eigenvalue weighted by Crippen LogP contribution is 2.45. The molecule has 2 nitrogen and oxygen atoms in total. The molecule has 0 atom stereocenters. The lowest BCUT2D eigenvalue weighted by atomic mass is 9.68. The Hall–Kier alpha value is 0.400. The highest BCUT2D eigenvalue weighted by molar-refractivity contribution is 9.09. The molecule has 3 heteroatoms. The average Bonchev–Trinajstić information content (AvgIpc) is 2.52. The fourth-order valence-corrected chi connectivity index (χ4v) is 5.34. The summed E-state index contributed by atoms with van der Waals surface area (Å²) >= 11 is 3.78. The number of likely N-dealkylation sites (tertiary alicyclic amines) is 1. The largest absolute Gasteiger partial charge is 0.381 e. The maximum absolute atomic E-state index is 5.57. The Morgan fingerprint density at radius 3 is 2.10 bits per heavy atom. The molecule has 2 saturated heterocycles. The highest BCUT2D eigenvalue weighted by atomic mass is 79.9. The summed E-state index contributed by atoms with van der Waals surface area (Å²) < 4.78 is 5.57. The average molecular weight is 344 g/mol. The molecule has 20 heavy (non-hydrogen) atoms. The fourth-order valence-electron chi connectivity index (χ4n) is 4.60. The van der Waals surface area contributed by atoms with E-state index in [0.29, 0.717) is 5.41 Å². The quantitative estimate of drug-likeness (QED) is 0.711. The van der Waals surface area contributed by atoms with E-state index >= 15 is 0 Å². The van der Waals surface area contributed by atoms with E-state index in [2.05, 4.69) is 20.8 Å². The molecule has 0 unspecified atom stereocenters. The molecule has 0 amide bonds. The Morgan fingerprint density at radius 2 is 1.50 bits per heavy atom. The topological polar surface area (TPSA) is 12.5 Å². The normalized spacial score (nSPS) is 30.4. The van der Waals surface area contributed by atoms with Gasteiger partial charge in [-0.2, -0.15) is 0 Å². The first kappa shape index (κ1) is 15.3. The van der Waals surface area contributed by atoms with Crippen molar-refractivity contribution in [2.75, 3.05) is 38.2 Å². The molecule has 0 aromatic heterocycles. The van der Waals surface area contributed by atoms with E-state index in [4.69, 9.17) is 4.74 Å². The van der Waals surface area contributed by atoms with Crippen molar-refractivity contribution in [3.63, 3.8) is 0 Å². The number of ether oxygens (including phenoxy) is 1. The van der Waals surface area contributed by atoms with E-state index in [1.54, 1.807) is 0 Å². The molecule has 2 aliphatic heterocycles. The summed E-state index contributed by atoms with van der Waals surface area (Å²) in [6.45, 7) is 5.90. The van der Waals surface area contributed by atoms with Gasteiger partial charge in [0.2, 0.25) is 0 Å². The number of hydrogen-bond donors (Lipinski definition) is 0. The molecule has 0 bridgehead atoms. The summed E-state index contributed by atoms with van der Waals surface area (Å²) in [6.07, 6.45) is 12.9. The summed E-state index contributed by atoms with van der Waals surface area (Å²) in [4.78, 5) is 2.76. The molecule has 1 aliphatic carbocycles. The van der Waals surface area contributed by atoms with Gasteiger partial charge in [0.05, 0.1) is 0 Å². The van der Waals surface area contributed by atoms with Crippen LogP contribution in [0.2, 0.25) is 0 Å². The minimum Gasteiger partial charge on any atom is -0.381 e. The van der Waals surface area contributed by atoms with Gasteiger partial charge in [-0.15, -0.1) is 0 Å². The second-order valence-corrected chi connectivity index (χ2v) is 8.14. The van der Waals surface area contributed by atoms with Crippen molar-refractivity contribution in [2.45, 2.75) is 57.8 Å². The third-order valence-corrected chi connectivity index (χ3v) is 7.42. The SMILES string of the molecule is BrCC1(CN2CCC3(CCCCC3)CC2)CCOCC1. The fraction of sp³-hybridized carbons (Fsp3) is 1.00. The lowest BCUT2D eigenvalue weighted by Gasteiger charge is -2.47. The van der Waals surface area contributed by atoms with Crippen LogP contribution in [0.5, 0.6) is 0 Å². The van der Waals surface area contributed by atoms with E-state index in [-0.39, 0.29) is 0 Å². The third-order valence-electron chi connectivity index (χ3n) is 6.23. The van der Waals surface area contributed by atoms with E-state index in [9.17, 15) is 0 Å². The maximum atomic E-state index is 5.57. The van der Waals surface area contributed by atoms with E-state index in [0.717, 1.165) is 24.0 Å². The van der Waals surface area contributed by atoms with E-state index in [1.165, 1.54) is 77.4 Å². The van der Waals surface area contributed by atoms with Crippen molar-refractivity contribution in [1.29, 1.82) is 0 Å².